The van der Waals surface area contributed by atoms with E-state index < -0.39 is 5.54 Å². The van der Waals surface area contributed by atoms with Gasteiger partial charge in [0.1, 0.15) is 5.54 Å². The maximum Gasteiger partial charge on any atom is 0.121 e. The van der Waals surface area contributed by atoms with Gasteiger partial charge in [0.15, 0.2) is 0 Å². The Kier molecular flexibility index (Phi) is 7.01. The SMILES string of the molecule is C(=C1CCN(Cc2ccccc2)CC1)c1cn(C(c2ccccc2)(c2ccccc2)c2ccccc2)cn1. The van der Waals surface area contributed by atoms with Crippen molar-refractivity contribution in [1.82, 2.24) is 14.5 Å². The topological polar surface area (TPSA) is 21.1 Å². The lowest BCUT2D eigenvalue weighted by molar-refractivity contribution is 0.249. The molecule has 188 valence electrons. The van der Waals surface area contributed by atoms with Crippen LogP contribution >= 0.6 is 0 Å². The van der Waals surface area contributed by atoms with Gasteiger partial charge in [-0.2, -0.15) is 0 Å². The Morgan fingerprint density at radius 3 is 1.61 bits per heavy atom. The normalized spacial score (nSPS) is 14.4. The predicted molar refractivity (Wildman–Crippen MR) is 156 cm³/mol. The second-order valence-electron chi connectivity index (χ2n) is 10.1. The fourth-order valence-electron chi connectivity index (χ4n) is 5.77. The molecule has 0 aliphatic carbocycles. The fraction of sp³-hybridized carbons (Fsp3) is 0.171. The average molecular weight is 496 g/mol. The molecule has 3 nitrogen and oxygen atoms in total. The average Bonchev–Trinajstić information content (AvgIpc) is 3.45. The van der Waals surface area contributed by atoms with Crippen LogP contribution in [0.25, 0.3) is 6.08 Å². The van der Waals surface area contributed by atoms with Crippen LogP contribution in [0, 0.1) is 0 Å². The van der Waals surface area contributed by atoms with E-state index in [2.05, 4.69) is 143 Å². The Morgan fingerprint density at radius 1 is 0.632 bits per heavy atom. The van der Waals surface area contributed by atoms with Crippen LogP contribution in [0.4, 0.5) is 0 Å². The summed E-state index contributed by atoms with van der Waals surface area (Å²) < 4.78 is 2.30. The Balaban J connectivity index is 1.33. The number of hydrogen-bond donors (Lipinski definition) is 0. The van der Waals surface area contributed by atoms with E-state index in [4.69, 9.17) is 4.98 Å². The van der Waals surface area contributed by atoms with E-state index >= 15 is 0 Å². The van der Waals surface area contributed by atoms with Gasteiger partial charge >= 0.3 is 0 Å². The van der Waals surface area contributed by atoms with Gasteiger partial charge in [-0.3, -0.25) is 4.90 Å². The third-order valence-corrected chi connectivity index (χ3v) is 7.66. The first-order valence-corrected chi connectivity index (χ1v) is 13.5. The number of nitrogens with zero attached hydrogens (tertiary/aromatic N) is 3. The molecule has 0 N–H and O–H groups in total. The number of hydrogen-bond acceptors (Lipinski definition) is 2. The van der Waals surface area contributed by atoms with Crippen molar-refractivity contribution in [3.63, 3.8) is 0 Å². The number of rotatable bonds is 7. The zero-order valence-electron chi connectivity index (χ0n) is 21.7. The molecule has 0 atom stereocenters. The van der Waals surface area contributed by atoms with Crippen LogP contribution in [-0.2, 0) is 12.1 Å². The third-order valence-electron chi connectivity index (χ3n) is 7.66. The lowest BCUT2D eigenvalue weighted by atomic mass is 9.77. The number of benzene rings is 4. The van der Waals surface area contributed by atoms with Gasteiger partial charge in [-0.15, -0.1) is 0 Å². The van der Waals surface area contributed by atoms with Gasteiger partial charge < -0.3 is 4.57 Å². The van der Waals surface area contributed by atoms with Gasteiger partial charge in [0.25, 0.3) is 0 Å². The van der Waals surface area contributed by atoms with Gasteiger partial charge in [0.2, 0.25) is 0 Å². The van der Waals surface area contributed by atoms with Crippen LogP contribution in [0.5, 0.6) is 0 Å². The van der Waals surface area contributed by atoms with Crippen molar-refractivity contribution in [1.29, 1.82) is 0 Å². The maximum atomic E-state index is 4.91. The summed E-state index contributed by atoms with van der Waals surface area (Å²) >= 11 is 0. The molecule has 6 rings (SSSR count). The van der Waals surface area contributed by atoms with Crippen molar-refractivity contribution in [2.45, 2.75) is 24.9 Å². The highest BCUT2D eigenvalue weighted by atomic mass is 15.1. The summed E-state index contributed by atoms with van der Waals surface area (Å²) in [5.41, 5.74) is 6.99. The monoisotopic (exact) mass is 495 g/mol. The Bertz CT molecular complexity index is 1370. The summed E-state index contributed by atoms with van der Waals surface area (Å²) in [6, 6.07) is 43.1. The van der Waals surface area contributed by atoms with E-state index in [-0.39, 0.29) is 0 Å². The second-order valence-corrected chi connectivity index (χ2v) is 10.1. The Morgan fingerprint density at radius 2 is 1.11 bits per heavy atom. The zero-order valence-corrected chi connectivity index (χ0v) is 21.7. The fourth-order valence-corrected chi connectivity index (χ4v) is 5.77. The molecule has 1 aliphatic rings. The molecular formula is C35H33N3. The van der Waals surface area contributed by atoms with Crippen LogP contribution in [0.3, 0.4) is 0 Å². The standard InChI is InChI=1S/C35H33N3/c1-5-13-30(14-6-1)26-37-23-21-29(22-24-37)25-34-27-38(28-36-34)35(31-15-7-2-8-16-31,32-17-9-3-10-18-32)33-19-11-4-12-20-33/h1-20,25,27-28H,21-24,26H2. The first kappa shape index (κ1) is 24.1. The van der Waals surface area contributed by atoms with Gasteiger partial charge in [0.05, 0.1) is 12.0 Å². The molecule has 3 heteroatoms. The van der Waals surface area contributed by atoms with Crippen molar-refractivity contribution in [2.24, 2.45) is 0 Å². The van der Waals surface area contributed by atoms with Crippen LogP contribution in [0.2, 0.25) is 0 Å². The number of likely N-dealkylation sites (tertiary alicyclic amines) is 1. The minimum Gasteiger partial charge on any atom is -0.318 e. The molecule has 1 saturated heterocycles. The first-order chi connectivity index (χ1) is 18.8. The summed E-state index contributed by atoms with van der Waals surface area (Å²) in [7, 11) is 0. The van der Waals surface area contributed by atoms with E-state index in [9.17, 15) is 0 Å². The molecule has 1 aliphatic heterocycles. The van der Waals surface area contributed by atoms with Gasteiger partial charge in [0, 0.05) is 25.8 Å². The van der Waals surface area contributed by atoms with Crippen LogP contribution in [0.15, 0.2) is 139 Å². The van der Waals surface area contributed by atoms with E-state index in [0.717, 1.165) is 38.2 Å². The molecule has 0 saturated carbocycles. The summed E-state index contributed by atoms with van der Waals surface area (Å²) in [5.74, 6) is 0. The summed E-state index contributed by atoms with van der Waals surface area (Å²) in [6.45, 7) is 3.20. The van der Waals surface area contributed by atoms with Gasteiger partial charge in [-0.25, -0.2) is 4.98 Å². The smallest absolute Gasteiger partial charge is 0.121 e. The highest BCUT2D eigenvalue weighted by Crippen LogP contribution is 2.41. The molecule has 1 aromatic heterocycles. The van der Waals surface area contributed by atoms with Crippen LogP contribution in [0.1, 0.15) is 40.8 Å². The molecule has 5 aromatic rings. The van der Waals surface area contributed by atoms with E-state index in [1.165, 1.54) is 27.8 Å². The quantitative estimate of drug-likeness (QED) is 0.219. The third kappa shape index (κ3) is 4.85. The van der Waals surface area contributed by atoms with Crippen molar-refractivity contribution < 1.29 is 0 Å². The number of aromatic nitrogens is 2. The number of piperidine rings is 1. The van der Waals surface area contributed by atoms with Crippen molar-refractivity contribution in [2.75, 3.05) is 13.1 Å². The molecule has 0 bridgehead atoms. The van der Waals surface area contributed by atoms with E-state index in [0.29, 0.717) is 0 Å². The van der Waals surface area contributed by atoms with Gasteiger partial charge in [-0.1, -0.05) is 127 Å². The molecular weight excluding hydrogens is 462 g/mol. The lowest BCUT2D eigenvalue weighted by Gasteiger charge is -2.37. The minimum atomic E-state index is -0.521. The first-order valence-electron chi connectivity index (χ1n) is 13.5. The Labute approximate surface area is 225 Å². The second kappa shape index (κ2) is 11.0. The largest absolute Gasteiger partial charge is 0.318 e. The van der Waals surface area contributed by atoms with Crippen LogP contribution in [-0.4, -0.2) is 27.5 Å². The van der Waals surface area contributed by atoms with Crippen molar-refractivity contribution in [3.8, 4) is 0 Å². The molecule has 4 aromatic carbocycles. The molecule has 0 amide bonds. The van der Waals surface area contributed by atoms with Gasteiger partial charge in [-0.05, 0) is 41.2 Å². The predicted octanol–water partition coefficient (Wildman–Crippen LogP) is 7.40. The molecule has 0 unspecified atom stereocenters. The molecule has 1 fully saturated rings. The number of imidazole rings is 1. The highest BCUT2D eigenvalue weighted by Gasteiger charge is 2.38. The highest BCUT2D eigenvalue weighted by molar-refractivity contribution is 5.53. The molecule has 38 heavy (non-hydrogen) atoms. The molecule has 0 radical (unpaired) electrons. The molecule has 0 spiro atoms. The summed E-state index contributed by atoms with van der Waals surface area (Å²) in [5, 5.41) is 0. The summed E-state index contributed by atoms with van der Waals surface area (Å²) in [4.78, 5) is 7.46. The Hall–Kier alpha value is -4.21. The minimum absolute atomic E-state index is 0.521. The van der Waals surface area contributed by atoms with Crippen molar-refractivity contribution in [3.05, 3.63) is 167 Å². The van der Waals surface area contributed by atoms with E-state index in [1.807, 2.05) is 6.33 Å². The van der Waals surface area contributed by atoms with Crippen LogP contribution < -0.4 is 0 Å². The van der Waals surface area contributed by atoms with Crippen molar-refractivity contribution >= 4 is 6.08 Å². The lowest BCUT2D eigenvalue weighted by Crippen LogP contribution is -2.36. The molecule has 2 heterocycles. The maximum absolute atomic E-state index is 4.91. The van der Waals surface area contributed by atoms with E-state index in [1.54, 1.807) is 0 Å². The zero-order chi connectivity index (χ0) is 25.6. The summed E-state index contributed by atoms with van der Waals surface area (Å²) in [6.07, 6.45) is 8.70.